The molecule has 1 saturated carbocycles. The summed E-state index contributed by atoms with van der Waals surface area (Å²) in [4.78, 5) is 12.0. The first-order chi connectivity index (χ1) is 10.5. The maximum Gasteiger partial charge on any atom is 0.320 e. The lowest BCUT2D eigenvalue weighted by atomic mass is 9.95. The van der Waals surface area contributed by atoms with Crippen LogP contribution in [0.4, 0.5) is 10.6 Å². The van der Waals surface area contributed by atoms with Gasteiger partial charge >= 0.3 is 6.03 Å². The average Bonchev–Trinajstić information content (AvgIpc) is 2.95. The summed E-state index contributed by atoms with van der Waals surface area (Å²) in [6.45, 7) is 5.94. The third kappa shape index (κ3) is 4.56. The number of rotatable bonds is 5. The third-order valence-corrected chi connectivity index (χ3v) is 5.70. The number of nitrogens with zero attached hydrogens (tertiary/aromatic N) is 1. The van der Waals surface area contributed by atoms with Crippen molar-refractivity contribution < 1.29 is 13.5 Å². The van der Waals surface area contributed by atoms with Crippen molar-refractivity contribution in [2.75, 3.05) is 11.1 Å². The Morgan fingerprint density at radius 1 is 1.50 bits per heavy atom. The van der Waals surface area contributed by atoms with Crippen LogP contribution >= 0.6 is 0 Å². The first-order valence-electron chi connectivity index (χ1n) is 7.90. The molecule has 124 valence electrons. The summed E-state index contributed by atoms with van der Waals surface area (Å²) in [6, 6.07) is 1.53. The van der Waals surface area contributed by atoms with Crippen molar-refractivity contribution in [3.63, 3.8) is 0 Å². The molecule has 0 radical (unpaired) electrons. The maximum atomic E-state index is 12.0. The molecule has 2 amide bonds. The number of nitrogens with one attached hydrogen (secondary N) is 2. The summed E-state index contributed by atoms with van der Waals surface area (Å²) in [5.41, 5.74) is 0. The largest absolute Gasteiger partial charge is 0.359 e. The smallest absolute Gasteiger partial charge is 0.320 e. The van der Waals surface area contributed by atoms with Crippen LogP contribution in [-0.2, 0) is 10.8 Å². The molecule has 0 aliphatic heterocycles. The molecular formula is C15H25N3O3S. The van der Waals surface area contributed by atoms with Crippen molar-refractivity contribution in [1.29, 1.82) is 0 Å². The predicted molar refractivity (Wildman–Crippen MR) is 87.5 cm³/mol. The molecule has 2 rings (SSSR count). The van der Waals surface area contributed by atoms with Gasteiger partial charge in [-0.25, -0.2) is 4.79 Å². The molecule has 22 heavy (non-hydrogen) atoms. The minimum atomic E-state index is -0.788. The van der Waals surface area contributed by atoms with Gasteiger partial charge in [-0.3, -0.25) is 9.53 Å². The second kappa shape index (κ2) is 7.76. The number of anilines is 1. The van der Waals surface area contributed by atoms with Gasteiger partial charge < -0.3 is 9.84 Å². The van der Waals surface area contributed by atoms with Crippen molar-refractivity contribution in [2.24, 2.45) is 0 Å². The Kier molecular flexibility index (Phi) is 5.99. The molecule has 1 fully saturated rings. The second-order valence-electron chi connectivity index (χ2n) is 6.02. The van der Waals surface area contributed by atoms with Crippen molar-refractivity contribution in [1.82, 2.24) is 10.5 Å². The molecule has 1 aliphatic carbocycles. The molecule has 2 N–H and O–H groups in total. The Balaban J connectivity index is 1.84. The van der Waals surface area contributed by atoms with E-state index < -0.39 is 10.8 Å². The Morgan fingerprint density at radius 2 is 2.27 bits per heavy atom. The topological polar surface area (TPSA) is 84.2 Å². The standard InChI is InChI=1S/C15H25N3O3S/c1-4-22(20)12-7-5-6-11(8-12)16-15(19)17-14-9-13(10(2)3)21-18-14/h9-12H,4-8H2,1-3H3,(H2,16,17,18,19)/t11-,12-,22+/m0/s1. The van der Waals surface area contributed by atoms with Crippen LogP contribution in [-0.4, -0.2) is 32.4 Å². The van der Waals surface area contributed by atoms with E-state index in [2.05, 4.69) is 15.8 Å². The lowest BCUT2D eigenvalue weighted by Gasteiger charge is -2.28. The molecule has 6 nitrogen and oxygen atoms in total. The van der Waals surface area contributed by atoms with Crippen molar-refractivity contribution >= 4 is 22.6 Å². The van der Waals surface area contributed by atoms with E-state index in [-0.39, 0.29) is 23.2 Å². The predicted octanol–water partition coefficient (Wildman–Crippen LogP) is 3.00. The Bertz CT molecular complexity index is 530. The van der Waals surface area contributed by atoms with Gasteiger partial charge in [0.1, 0.15) is 5.76 Å². The number of urea groups is 1. The quantitative estimate of drug-likeness (QED) is 0.870. The fourth-order valence-corrected chi connectivity index (χ4v) is 4.06. The van der Waals surface area contributed by atoms with Gasteiger partial charge in [0.25, 0.3) is 0 Å². The van der Waals surface area contributed by atoms with Crippen LogP contribution in [0, 0.1) is 0 Å². The van der Waals surface area contributed by atoms with Gasteiger partial charge in [0.15, 0.2) is 5.82 Å². The highest BCUT2D eigenvalue weighted by Crippen LogP contribution is 2.23. The van der Waals surface area contributed by atoms with Gasteiger partial charge in [-0.1, -0.05) is 32.3 Å². The van der Waals surface area contributed by atoms with E-state index in [0.29, 0.717) is 11.6 Å². The lowest BCUT2D eigenvalue weighted by molar-refractivity contribution is 0.244. The van der Waals surface area contributed by atoms with E-state index in [1.54, 1.807) is 6.07 Å². The van der Waals surface area contributed by atoms with Crippen LogP contribution in [0.5, 0.6) is 0 Å². The number of amides is 2. The highest BCUT2D eigenvalue weighted by molar-refractivity contribution is 7.85. The van der Waals surface area contributed by atoms with E-state index in [9.17, 15) is 9.00 Å². The zero-order chi connectivity index (χ0) is 16.1. The van der Waals surface area contributed by atoms with Crippen LogP contribution in [0.1, 0.15) is 58.1 Å². The number of hydrogen-bond donors (Lipinski definition) is 2. The zero-order valence-electron chi connectivity index (χ0n) is 13.4. The molecule has 0 bridgehead atoms. The normalized spacial score (nSPS) is 23.3. The fraction of sp³-hybridized carbons (Fsp3) is 0.733. The van der Waals surface area contributed by atoms with E-state index in [0.717, 1.165) is 31.4 Å². The van der Waals surface area contributed by atoms with Crippen LogP contribution in [0.2, 0.25) is 0 Å². The van der Waals surface area contributed by atoms with Crippen molar-refractivity contribution in [3.8, 4) is 0 Å². The number of carbonyl (C=O) groups is 1. The molecular weight excluding hydrogens is 302 g/mol. The summed E-state index contributed by atoms with van der Waals surface area (Å²) in [7, 11) is -0.788. The summed E-state index contributed by atoms with van der Waals surface area (Å²) in [5.74, 6) is 2.08. The van der Waals surface area contributed by atoms with Crippen molar-refractivity contribution in [2.45, 2.75) is 63.7 Å². The molecule has 0 spiro atoms. The molecule has 1 aromatic rings. The van der Waals surface area contributed by atoms with Gasteiger partial charge in [0, 0.05) is 39.8 Å². The lowest BCUT2D eigenvalue weighted by Crippen LogP contribution is -2.43. The van der Waals surface area contributed by atoms with Crippen LogP contribution < -0.4 is 10.6 Å². The van der Waals surface area contributed by atoms with Crippen LogP contribution in [0.15, 0.2) is 10.6 Å². The van der Waals surface area contributed by atoms with E-state index >= 15 is 0 Å². The van der Waals surface area contributed by atoms with Gasteiger partial charge in [-0.2, -0.15) is 0 Å². The fourth-order valence-electron chi connectivity index (χ4n) is 2.71. The molecule has 1 aliphatic rings. The zero-order valence-corrected chi connectivity index (χ0v) is 14.2. The summed E-state index contributed by atoms with van der Waals surface area (Å²) in [5, 5.41) is 9.67. The summed E-state index contributed by atoms with van der Waals surface area (Å²) >= 11 is 0. The SMILES string of the molecule is CC[S@@](=O)[C@H]1CCC[C@H](NC(=O)Nc2cc(C(C)C)on2)C1. The molecule has 0 unspecified atom stereocenters. The Labute approximate surface area is 133 Å². The van der Waals surface area contributed by atoms with Gasteiger partial charge in [0.2, 0.25) is 0 Å². The maximum absolute atomic E-state index is 12.0. The average molecular weight is 327 g/mol. The van der Waals surface area contributed by atoms with Crippen LogP contribution in [0.25, 0.3) is 0 Å². The number of carbonyl (C=O) groups excluding carboxylic acids is 1. The number of hydrogen-bond acceptors (Lipinski definition) is 4. The summed E-state index contributed by atoms with van der Waals surface area (Å²) in [6.07, 6.45) is 3.70. The van der Waals surface area contributed by atoms with Gasteiger partial charge in [-0.05, 0) is 19.3 Å². The third-order valence-electron chi connectivity index (χ3n) is 3.96. The second-order valence-corrected chi connectivity index (χ2v) is 8.03. The van der Waals surface area contributed by atoms with Crippen LogP contribution in [0.3, 0.4) is 0 Å². The molecule has 1 heterocycles. The summed E-state index contributed by atoms with van der Waals surface area (Å²) < 4.78 is 17.1. The highest BCUT2D eigenvalue weighted by Gasteiger charge is 2.26. The van der Waals surface area contributed by atoms with E-state index in [1.165, 1.54) is 0 Å². The van der Waals surface area contributed by atoms with E-state index in [1.807, 2.05) is 20.8 Å². The minimum absolute atomic E-state index is 0.0747. The molecule has 3 atom stereocenters. The first kappa shape index (κ1) is 17.0. The number of aromatic nitrogens is 1. The monoisotopic (exact) mass is 327 g/mol. The molecule has 0 saturated heterocycles. The Morgan fingerprint density at radius 3 is 2.91 bits per heavy atom. The minimum Gasteiger partial charge on any atom is -0.359 e. The Hall–Kier alpha value is -1.37. The van der Waals surface area contributed by atoms with Crippen molar-refractivity contribution in [3.05, 3.63) is 11.8 Å². The molecule has 7 heteroatoms. The van der Waals surface area contributed by atoms with E-state index in [4.69, 9.17) is 4.52 Å². The van der Waals surface area contributed by atoms with Gasteiger partial charge in [0.05, 0.1) is 0 Å². The first-order valence-corrected chi connectivity index (χ1v) is 9.29. The highest BCUT2D eigenvalue weighted by atomic mass is 32.2. The van der Waals surface area contributed by atoms with Gasteiger partial charge in [-0.15, -0.1) is 0 Å². The molecule has 1 aromatic heterocycles. The molecule has 0 aromatic carbocycles.